The molecule has 3 rings (SSSR count). The number of aryl methyl sites for hydroxylation is 1. The number of benzene rings is 1. The number of carboxylic acid groups (broad SMARTS) is 1. The Hall–Kier alpha value is -2.37. The lowest BCUT2D eigenvalue weighted by molar-refractivity contribution is -0.141. The number of nitrogens with zero attached hydrogens (tertiary/aromatic N) is 2. The first-order valence-corrected chi connectivity index (χ1v) is 9.34. The normalized spacial score (nSPS) is 23.3. The van der Waals surface area contributed by atoms with E-state index in [-0.39, 0.29) is 24.2 Å². The number of carboxylic acids is 1. The van der Waals surface area contributed by atoms with Crippen LogP contribution in [0.5, 0.6) is 0 Å². The number of likely N-dealkylation sites (tertiary alicyclic amines) is 1. The van der Waals surface area contributed by atoms with Crippen LogP contribution in [-0.2, 0) is 14.4 Å². The zero-order valence-corrected chi connectivity index (χ0v) is 15.2. The molecule has 0 aromatic heterocycles. The van der Waals surface area contributed by atoms with Crippen LogP contribution in [0.25, 0.3) is 0 Å². The summed E-state index contributed by atoms with van der Waals surface area (Å²) in [5, 5.41) is 8.85. The average Bonchev–Trinajstić information content (AvgIpc) is 3.02. The smallest absolute Gasteiger partial charge is 0.303 e. The van der Waals surface area contributed by atoms with Crippen molar-refractivity contribution in [3.8, 4) is 0 Å². The quantitative estimate of drug-likeness (QED) is 0.820. The standard InChI is InChI=1S/C20H26N2O4/c1-14-4-7-16(8-5-14)22-12-10-17(20(22)26)19(25)21-11-2-3-15(13-21)6-9-18(23)24/h4-5,7-8,15,17H,2-3,6,9-13H2,1H3,(H,23,24)/t15-,17+/m0/s1. The first-order chi connectivity index (χ1) is 12.5. The Morgan fingerprint density at radius 3 is 2.58 bits per heavy atom. The Bertz CT molecular complexity index is 686. The van der Waals surface area contributed by atoms with Crippen molar-refractivity contribution in [1.29, 1.82) is 0 Å². The molecular formula is C20H26N2O4. The number of carbonyl (C=O) groups is 3. The van der Waals surface area contributed by atoms with Crippen molar-refractivity contribution < 1.29 is 19.5 Å². The number of amides is 2. The molecule has 0 saturated carbocycles. The second kappa shape index (κ2) is 7.89. The van der Waals surface area contributed by atoms with E-state index in [1.54, 1.807) is 9.80 Å². The van der Waals surface area contributed by atoms with Gasteiger partial charge in [-0.3, -0.25) is 14.4 Å². The van der Waals surface area contributed by atoms with Gasteiger partial charge in [0.25, 0.3) is 0 Å². The van der Waals surface area contributed by atoms with Gasteiger partial charge in [0.15, 0.2) is 0 Å². The van der Waals surface area contributed by atoms with Crippen LogP contribution in [0.15, 0.2) is 24.3 Å². The highest BCUT2D eigenvalue weighted by atomic mass is 16.4. The molecule has 2 heterocycles. The Kier molecular flexibility index (Phi) is 5.59. The summed E-state index contributed by atoms with van der Waals surface area (Å²) in [5.41, 5.74) is 1.97. The van der Waals surface area contributed by atoms with Gasteiger partial charge in [-0.25, -0.2) is 0 Å². The van der Waals surface area contributed by atoms with Crippen LogP contribution >= 0.6 is 0 Å². The molecule has 1 N–H and O–H groups in total. The minimum absolute atomic E-state index is 0.0929. The summed E-state index contributed by atoms with van der Waals surface area (Å²) >= 11 is 0. The Labute approximate surface area is 153 Å². The van der Waals surface area contributed by atoms with E-state index in [9.17, 15) is 14.4 Å². The predicted octanol–water partition coefficient (Wildman–Crippen LogP) is 2.45. The van der Waals surface area contributed by atoms with Gasteiger partial charge in [-0.05, 0) is 50.7 Å². The summed E-state index contributed by atoms with van der Waals surface area (Å²) < 4.78 is 0. The van der Waals surface area contributed by atoms with E-state index in [2.05, 4.69) is 0 Å². The number of aliphatic carboxylic acids is 1. The van der Waals surface area contributed by atoms with Gasteiger partial charge in [0, 0.05) is 31.7 Å². The molecule has 2 saturated heterocycles. The molecule has 1 aromatic carbocycles. The molecule has 2 aliphatic heterocycles. The van der Waals surface area contributed by atoms with Crippen LogP contribution in [0.4, 0.5) is 5.69 Å². The maximum Gasteiger partial charge on any atom is 0.303 e. The molecule has 0 radical (unpaired) electrons. The predicted molar refractivity (Wildman–Crippen MR) is 97.8 cm³/mol. The SMILES string of the molecule is Cc1ccc(N2CC[C@H](C(=O)N3CCC[C@@H](CCC(=O)O)C3)C2=O)cc1. The van der Waals surface area contributed by atoms with Crippen LogP contribution in [0.1, 0.15) is 37.7 Å². The Morgan fingerprint density at radius 2 is 1.88 bits per heavy atom. The molecule has 2 amide bonds. The van der Waals surface area contributed by atoms with Gasteiger partial charge in [0.05, 0.1) is 0 Å². The van der Waals surface area contributed by atoms with Crippen molar-refractivity contribution in [2.45, 2.75) is 39.0 Å². The maximum atomic E-state index is 12.9. The lowest BCUT2D eigenvalue weighted by Gasteiger charge is -2.34. The molecule has 0 bridgehead atoms. The van der Waals surface area contributed by atoms with E-state index < -0.39 is 11.9 Å². The summed E-state index contributed by atoms with van der Waals surface area (Å²) in [6.45, 7) is 3.80. The lowest BCUT2D eigenvalue weighted by atomic mass is 9.92. The zero-order chi connectivity index (χ0) is 18.7. The van der Waals surface area contributed by atoms with Gasteiger partial charge in [0.2, 0.25) is 11.8 Å². The monoisotopic (exact) mass is 358 g/mol. The van der Waals surface area contributed by atoms with Crippen LogP contribution in [0.3, 0.4) is 0 Å². The number of anilines is 1. The molecule has 0 aliphatic carbocycles. The van der Waals surface area contributed by atoms with E-state index in [1.807, 2.05) is 31.2 Å². The molecule has 140 valence electrons. The van der Waals surface area contributed by atoms with Gasteiger partial charge < -0.3 is 14.9 Å². The summed E-state index contributed by atoms with van der Waals surface area (Å²) in [6, 6.07) is 7.77. The fourth-order valence-electron chi connectivity index (χ4n) is 3.94. The Balaban J connectivity index is 1.62. The number of carbonyl (C=O) groups excluding carboxylic acids is 2. The van der Waals surface area contributed by atoms with Gasteiger partial charge in [0.1, 0.15) is 5.92 Å². The highest BCUT2D eigenvalue weighted by Gasteiger charge is 2.40. The fraction of sp³-hybridized carbons (Fsp3) is 0.550. The number of hydrogen-bond acceptors (Lipinski definition) is 3. The molecule has 2 aliphatic rings. The second-order valence-corrected chi connectivity index (χ2v) is 7.39. The van der Waals surface area contributed by atoms with Crippen molar-refractivity contribution >= 4 is 23.5 Å². The van der Waals surface area contributed by atoms with Crippen molar-refractivity contribution in [2.24, 2.45) is 11.8 Å². The molecule has 0 spiro atoms. The van der Waals surface area contributed by atoms with Crippen molar-refractivity contribution in [3.05, 3.63) is 29.8 Å². The van der Waals surface area contributed by atoms with Crippen LogP contribution in [0.2, 0.25) is 0 Å². The first kappa shape index (κ1) is 18.4. The molecule has 6 heteroatoms. The van der Waals surface area contributed by atoms with Crippen LogP contribution in [-0.4, -0.2) is 47.4 Å². The van der Waals surface area contributed by atoms with Crippen LogP contribution in [0, 0.1) is 18.8 Å². The zero-order valence-electron chi connectivity index (χ0n) is 15.2. The topological polar surface area (TPSA) is 77.9 Å². The summed E-state index contributed by atoms with van der Waals surface area (Å²) in [4.78, 5) is 39.9. The molecule has 0 unspecified atom stereocenters. The first-order valence-electron chi connectivity index (χ1n) is 9.34. The molecule has 1 aromatic rings. The van der Waals surface area contributed by atoms with E-state index in [4.69, 9.17) is 5.11 Å². The minimum Gasteiger partial charge on any atom is -0.481 e. The molecule has 2 atom stereocenters. The number of piperidine rings is 1. The van der Waals surface area contributed by atoms with Gasteiger partial charge in [-0.15, -0.1) is 0 Å². The highest BCUT2D eigenvalue weighted by Crippen LogP contribution is 2.29. The van der Waals surface area contributed by atoms with Gasteiger partial charge >= 0.3 is 5.97 Å². The minimum atomic E-state index is -0.798. The molecule has 2 fully saturated rings. The summed E-state index contributed by atoms with van der Waals surface area (Å²) in [6.07, 6.45) is 3.09. The van der Waals surface area contributed by atoms with Crippen LogP contribution < -0.4 is 4.90 Å². The second-order valence-electron chi connectivity index (χ2n) is 7.39. The largest absolute Gasteiger partial charge is 0.481 e. The van der Waals surface area contributed by atoms with E-state index in [0.717, 1.165) is 24.1 Å². The van der Waals surface area contributed by atoms with Crippen molar-refractivity contribution in [2.75, 3.05) is 24.5 Å². The van der Waals surface area contributed by atoms with Gasteiger partial charge in [-0.1, -0.05) is 17.7 Å². The molecular weight excluding hydrogens is 332 g/mol. The third-order valence-corrected chi connectivity index (χ3v) is 5.45. The van der Waals surface area contributed by atoms with Crippen molar-refractivity contribution in [3.63, 3.8) is 0 Å². The highest BCUT2D eigenvalue weighted by molar-refractivity contribution is 6.09. The average molecular weight is 358 g/mol. The lowest BCUT2D eigenvalue weighted by Crippen LogP contribution is -2.45. The fourth-order valence-corrected chi connectivity index (χ4v) is 3.94. The number of rotatable bonds is 5. The van der Waals surface area contributed by atoms with Crippen molar-refractivity contribution in [1.82, 2.24) is 4.90 Å². The Morgan fingerprint density at radius 1 is 1.15 bits per heavy atom. The summed E-state index contributed by atoms with van der Waals surface area (Å²) in [7, 11) is 0. The molecule has 26 heavy (non-hydrogen) atoms. The van der Waals surface area contributed by atoms with Gasteiger partial charge in [-0.2, -0.15) is 0 Å². The number of hydrogen-bond donors (Lipinski definition) is 1. The van der Waals surface area contributed by atoms with E-state index in [1.165, 1.54) is 0 Å². The summed E-state index contributed by atoms with van der Waals surface area (Å²) in [5.74, 6) is -1.40. The third kappa shape index (κ3) is 4.06. The maximum absolute atomic E-state index is 12.9. The van der Waals surface area contributed by atoms with E-state index in [0.29, 0.717) is 32.5 Å². The third-order valence-electron chi connectivity index (χ3n) is 5.45. The molecule has 6 nitrogen and oxygen atoms in total. The van der Waals surface area contributed by atoms with E-state index >= 15 is 0 Å².